The van der Waals surface area contributed by atoms with Crippen molar-refractivity contribution in [3.05, 3.63) is 34.1 Å². The molecule has 0 amide bonds. The summed E-state index contributed by atoms with van der Waals surface area (Å²) in [5.74, 6) is -1.50. The van der Waals surface area contributed by atoms with Crippen LogP contribution in [0.25, 0.3) is 11.0 Å². The number of nitrogens with zero attached hydrogens (tertiary/aromatic N) is 3. The summed E-state index contributed by atoms with van der Waals surface area (Å²) in [6.45, 7) is 3.44. The highest BCUT2D eigenvalue weighted by Crippen LogP contribution is 2.45. The van der Waals surface area contributed by atoms with E-state index in [4.69, 9.17) is 9.57 Å². The van der Waals surface area contributed by atoms with Crippen LogP contribution in [0.5, 0.6) is 0 Å². The van der Waals surface area contributed by atoms with E-state index in [2.05, 4.69) is 10.3 Å². The molecule has 2 aromatic rings. The quantitative estimate of drug-likeness (QED) is 0.272. The minimum atomic E-state index is -0.805. The van der Waals surface area contributed by atoms with Gasteiger partial charge in [0.15, 0.2) is 5.57 Å². The summed E-state index contributed by atoms with van der Waals surface area (Å²) in [6.07, 6.45) is -0.326. The SMILES string of the molecule is CC(C)OC(=O)C(C(=O)On1nnc2ccccc21)=C1SCS1. The molecule has 0 radical (unpaired) electrons. The Morgan fingerprint density at radius 2 is 1.96 bits per heavy atom. The monoisotopic (exact) mass is 351 g/mol. The topological polar surface area (TPSA) is 83.3 Å². The van der Waals surface area contributed by atoms with E-state index in [1.807, 2.05) is 0 Å². The molecule has 0 spiro atoms. The fourth-order valence-corrected chi connectivity index (χ4v) is 3.39. The second-order valence-electron chi connectivity index (χ2n) is 4.85. The third-order valence-electron chi connectivity index (χ3n) is 2.83. The van der Waals surface area contributed by atoms with Crippen LogP contribution in [0.3, 0.4) is 0 Å². The highest BCUT2D eigenvalue weighted by atomic mass is 32.3. The molecule has 1 aromatic carbocycles. The Labute approximate surface area is 140 Å². The maximum absolute atomic E-state index is 12.4. The van der Waals surface area contributed by atoms with Crippen LogP contribution in [-0.4, -0.2) is 38.3 Å². The summed E-state index contributed by atoms with van der Waals surface area (Å²) in [5.41, 5.74) is 1.03. The van der Waals surface area contributed by atoms with Crippen LogP contribution in [-0.2, 0) is 14.3 Å². The lowest BCUT2D eigenvalue weighted by atomic mass is 10.3. The fourth-order valence-electron chi connectivity index (χ4n) is 1.82. The van der Waals surface area contributed by atoms with Gasteiger partial charge in [-0.1, -0.05) is 17.0 Å². The van der Waals surface area contributed by atoms with Crippen molar-refractivity contribution in [1.29, 1.82) is 0 Å². The Balaban J connectivity index is 1.86. The van der Waals surface area contributed by atoms with Crippen LogP contribution in [0.1, 0.15) is 13.8 Å². The maximum Gasteiger partial charge on any atom is 0.374 e. The number of ether oxygens (including phenoxy) is 1. The summed E-state index contributed by atoms with van der Waals surface area (Å²) < 4.78 is 5.73. The number of hydrogen-bond donors (Lipinski definition) is 0. The van der Waals surface area contributed by atoms with E-state index in [-0.39, 0.29) is 11.7 Å². The van der Waals surface area contributed by atoms with Crippen molar-refractivity contribution in [3.8, 4) is 0 Å². The minimum absolute atomic E-state index is 0.0977. The summed E-state index contributed by atoms with van der Waals surface area (Å²) >= 11 is 2.82. The number of para-hydroxylation sites is 1. The van der Waals surface area contributed by atoms with E-state index in [0.29, 0.717) is 15.3 Å². The molecule has 3 rings (SSSR count). The average molecular weight is 351 g/mol. The predicted molar refractivity (Wildman–Crippen MR) is 87.4 cm³/mol. The average Bonchev–Trinajstić information content (AvgIpc) is 2.85. The molecule has 0 saturated carbocycles. The van der Waals surface area contributed by atoms with Gasteiger partial charge in [-0.15, -0.1) is 28.6 Å². The molecule has 0 unspecified atom stereocenters. The lowest BCUT2D eigenvalue weighted by molar-refractivity contribution is -0.150. The number of fused-ring (bicyclic) bond motifs is 1. The van der Waals surface area contributed by atoms with E-state index in [1.54, 1.807) is 38.1 Å². The molecule has 120 valence electrons. The predicted octanol–water partition coefficient (Wildman–Crippen LogP) is 1.99. The van der Waals surface area contributed by atoms with Gasteiger partial charge >= 0.3 is 11.9 Å². The van der Waals surface area contributed by atoms with Gasteiger partial charge < -0.3 is 9.57 Å². The molecule has 1 aromatic heterocycles. The zero-order valence-corrected chi connectivity index (χ0v) is 14.0. The Bertz CT molecular complexity index is 794. The first-order valence-corrected chi connectivity index (χ1v) is 8.77. The van der Waals surface area contributed by atoms with Crippen molar-refractivity contribution < 1.29 is 19.2 Å². The molecule has 7 nitrogen and oxygen atoms in total. The smallest absolute Gasteiger partial charge is 0.374 e. The Hall–Kier alpha value is -2.00. The number of esters is 1. The van der Waals surface area contributed by atoms with E-state index in [0.717, 1.165) is 9.93 Å². The van der Waals surface area contributed by atoms with Crippen LogP contribution >= 0.6 is 23.5 Å². The highest BCUT2D eigenvalue weighted by Gasteiger charge is 2.32. The Morgan fingerprint density at radius 1 is 1.22 bits per heavy atom. The van der Waals surface area contributed by atoms with Gasteiger partial charge in [0, 0.05) is 5.08 Å². The van der Waals surface area contributed by atoms with Crippen LogP contribution in [0.15, 0.2) is 34.1 Å². The summed E-state index contributed by atoms with van der Waals surface area (Å²) in [6, 6.07) is 7.05. The van der Waals surface area contributed by atoms with Gasteiger partial charge in [-0.25, -0.2) is 9.59 Å². The highest BCUT2D eigenvalue weighted by molar-refractivity contribution is 8.37. The normalized spacial score (nSPS) is 13.8. The van der Waals surface area contributed by atoms with Crippen molar-refractivity contribution in [2.24, 2.45) is 0 Å². The Morgan fingerprint density at radius 3 is 2.61 bits per heavy atom. The number of thioether (sulfide) groups is 2. The molecule has 23 heavy (non-hydrogen) atoms. The van der Waals surface area contributed by atoms with E-state index in [1.165, 1.54) is 23.5 Å². The van der Waals surface area contributed by atoms with Crippen LogP contribution < -0.4 is 4.84 Å². The van der Waals surface area contributed by atoms with E-state index in [9.17, 15) is 9.59 Å². The van der Waals surface area contributed by atoms with Crippen molar-refractivity contribution in [3.63, 3.8) is 0 Å². The summed E-state index contributed by atoms with van der Waals surface area (Å²) in [4.78, 5) is 30.8. The zero-order chi connectivity index (χ0) is 16.4. The van der Waals surface area contributed by atoms with Crippen LogP contribution in [0, 0.1) is 0 Å². The van der Waals surface area contributed by atoms with E-state index >= 15 is 0 Å². The van der Waals surface area contributed by atoms with Crippen molar-refractivity contribution >= 4 is 46.5 Å². The second-order valence-corrected chi connectivity index (χ2v) is 7.45. The van der Waals surface area contributed by atoms with Crippen LogP contribution in [0.4, 0.5) is 0 Å². The number of benzene rings is 1. The molecule has 0 N–H and O–H groups in total. The maximum atomic E-state index is 12.4. The summed E-state index contributed by atoms with van der Waals surface area (Å²) in [7, 11) is 0. The third kappa shape index (κ3) is 3.35. The number of aromatic nitrogens is 3. The van der Waals surface area contributed by atoms with Gasteiger partial charge in [-0.05, 0) is 31.2 Å². The molecular formula is C14H13N3O4S2. The molecule has 2 heterocycles. The first-order chi connectivity index (χ1) is 11.1. The van der Waals surface area contributed by atoms with Gasteiger partial charge in [0.1, 0.15) is 11.0 Å². The second kappa shape index (κ2) is 6.63. The lowest BCUT2D eigenvalue weighted by Gasteiger charge is -2.19. The first kappa shape index (κ1) is 15.9. The van der Waals surface area contributed by atoms with Gasteiger partial charge in [0.2, 0.25) is 0 Å². The molecule has 1 saturated heterocycles. The largest absolute Gasteiger partial charge is 0.459 e. The molecule has 0 atom stereocenters. The standard InChI is InChI=1S/C14H13N3O4S2/c1-8(2)20-12(18)11(14-22-7-23-14)13(19)21-17-10-6-4-3-5-9(10)15-16-17/h3-6,8H,7H2,1-2H3. The molecule has 1 aliphatic rings. The number of rotatable bonds is 4. The molecule has 1 fully saturated rings. The lowest BCUT2D eigenvalue weighted by Crippen LogP contribution is -2.29. The van der Waals surface area contributed by atoms with Crippen LogP contribution in [0.2, 0.25) is 0 Å². The molecule has 0 bridgehead atoms. The number of hydrogen-bond acceptors (Lipinski definition) is 8. The minimum Gasteiger partial charge on any atom is -0.459 e. The van der Waals surface area contributed by atoms with E-state index < -0.39 is 11.9 Å². The van der Waals surface area contributed by atoms with Crippen molar-refractivity contribution in [1.82, 2.24) is 15.2 Å². The number of carbonyl (C=O) groups excluding carboxylic acids is 2. The fraction of sp³-hybridized carbons (Fsp3) is 0.286. The van der Waals surface area contributed by atoms with Gasteiger partial charge in [-0.2, -0.15) is 0 Å². The zero-order valence-electron chi connectivity index (χ0n) is 12.4. The third-order valence-corrected chi connectivity index (χ3v) is 5.41. The molecule has 1 aliphatic heterocycles. The van der Waals surface area contributed by atoms with Gasteiger partial charge in [-0.3, -0.25) is 0 Å². The van der Waals surface area contributed by atoms with Crippen molar-refractivity contribution in [2.45, 2.75) is 20.0 Å². The first-order valence-electron chi connectivity index (χ1n) is 6.80. The molecular weight excluding hydrogens is 338 g/mol. The number of carbonyl (C=O) groups is 2. The molecule has 0 aliphatic carbocycles. The Kier molecular flexibility index (Phi) is 4.58. The van der Waals surface area contributed by atoms with Crippen molar-refractivity contribution in [2.75, 3.05) is 5.08 Å². The summed E-state index contributed by atoms with van der Waals surface area (Å²) in [5, 5.41) is 8.46. The van der Waals surface area contributed by atoms with Gasteiger partial charge in [0.25, 0.3) is 0 Å². The molecule has 9 heteroatoms. The van der Waals surface area contributed by atoms with Gasteiger partial charge in [0.05, 0.1) is 10.3 Å².